The van der Waals surface area contributed by atoms with Gasteiger partial charge in [0.2, 0.25) is 10.0 Å². The fourth-order valence-corrected chi connectivity index (χ4v) is 3.54. The Morgan fingerprint density at radius 2 is 1.72 bits per heavy atom. The molecule has 1 heterocycles. The molecule has 0 spiro atoms. The molecule has 0 aliphatic rings. The van der Waals surface area contributed by atoms with Crippen LogP contribution in [0.3, 0.4) is 0 Å². The molecule has 3 rings (SSSR count). The predicted molar refractivity (Wildman–Crippen MR) is 95.3 cm³/mol. The van der Waals surface area contributed by atoms with Gasteiger partial charge >= 0.3 is 0 Å². The number of benzene rings is 2. The monoisotopic (exact) mass is 360 g/mol. The maximum Gasteiger partial charge on any atom is 0.252 e. The molecule has 7 heteroatoms. The molecule has 130 valence electrons. The van der Waals surface area contributed by atoms with Crippen molar-refractivity contribution in [1.82, 2.24) is 9.71 Å². The van der Waals surface area contributed by atoms with E-state index in [1.54, 1.807) is 30.3 Å². The summed E-state index contributed by atoms with van der Waals surface area (Å²) in [6, 6.07) is 15.0. The highest BCUT2D eigenvalue weighted by Crippen LogP contribution is 2.11. The third-order valence-corrected chi connectivity index (χ3v) is 5.24. The fourth-order valence-electron chi connectivity index (χ4n) is 2.53. The molecule has 0 saturated heterocycles. The Labute approximate surface area is 144 Å². The summed E-state index contributed by atoms with van der Waals surface area (Å²) >= 11 is 0. The van der Waals surface area contributed by atoms with Crippen LogP contribution in [0, 0.1) is 5.82 Å². The van der Waals surface area contributed by atoms with E-state index in [0.717, 1.165) is 5.39 Å². The van der Waals surface area contributed by atoms with Crippen molar-refractivity contribution in [3.8, 4) is 0 Å². The van der Waals surface area contributed by atoms with Crippen LogP contribution in [0.15, 0.2) is 59.4 Å². The number of aromatic nitrogens is 1. The smallest absolute Gasteiger partial charge is 0.252 e. The minimum absolute atomic E-state index is 0.0656. The number of hydrogen-bond donors (Lipinski definition) is 2. The van der Waals surface area contributed by atoms with Gasteiger partial charge in [0.05, 0.1) is 5.75 Å². The molecule has 3 aromatic rings. The van der Waals surface area contributed by atoms with Gasteiger partial charge in [-0.3, -0.25) is 4.79 Å². The molecular weight excluding hydrogens is 343 g/mol. The Hall–Kier alpha value is -2.51. The van der Waals surface area contributed by atoms with Crippen molar-refractivity contribution in [3.05, 3.63) is 81.9 Å². The van der Waals surface area contributed by atoms with E-state index in [-0.39, 0.29) is 24.3 Å². The van der Waals surface area contributed by atoms with Gasteiger partial charge in [-0.1, -0.05) is 36.4 Å². The molecular formula is C18H17FN2O3S. The van der Waals surface area contributed by atoms with Crippen LogP contribution in [-0.4, -0.2) is 19.2 Å². The van der Waals surface area contributed by atoms with Gasteiger partial charge in [0.25, 0.3) is 5.56 Å². The molecule has 0 aliphatic carbocycles. The van der Waals surface area contributed by atoms with Crippen molar-refractivity contribution >= 4 is 20.9 Å². The number of pyridine rings is 1. The number of halogens is 1. The molecule has 5 nitrogen and oxygen atoms in total. The summed E-state index contributed by atoms with van der Waals surface area (Å²) in [5, 5.41) is 0.822. The van der Waals surface area contributed by atoms with Crippen LogP contribution in [0.4, 0.5) is 4.39 Å². The summed E-state index contributed by atoms with van der Waals surface area (Å²) < 4.78 is 40.2. The second-order valence-electron chi connectivity index (χ2n) is 5.69. The topological polar surface area (TPSA) is 79.0 Å². The largest absolute Gasteiger partial charge is 0.322 e. The second-order valence-corrected chi connectivity index (χ2v) is 7.62. The number of para-hydroxylation sites is 1. The molecule has 0 unspecified atom stereocenters. The van der Waals surface area contributed by atoms with Crippen molar-refractivity contribution in [3.63, 3.8) is 0 Å². The normalized spacial score (nSPS) is 11.7. The first-order valence-corrected chi connectivity index (χ1v) is 9.41. The van der Waals surface area contributed by atoms with Crippen molar-refractivity contribution in [2.24, 2.45) is 0 Å². The van der Waals surface area contributed by atoms with Crippen LogP contribution >= 0.6 is 0 Å². The first-order chi connectivity index (χ1) is 11.9. The van der Waals surface area contributed by atoms with E-state index < -0.39 is 15.8 Å². The number of nitrogens with one attached hydrogen (secondary N) is 2. The molecule has 0 amide bonds. The molecule has 0 atom stereocenters. The average Bonchev–Trinajstić information content (AvgIpc) is 2.59. The van der Waals surface area contributed by atoms with Gasteiger partial charge in [0.15, 0.2) is 0 Å². The van der Waals surface area contributed by atoms with Gasteiger partial charge in [-0.15, -0.1) is 0 Å². The van der Waals surface area contributed by atoms with Crippen LogP contribution in [0.1, 0.15) is 11.1 Å². The van der Waals surface area contributed by atoms with Gasteiger partial charge in [-0.05, 0) is 35.6 Å². The van der Waals surface area contributed by atoms with Crippen molar-refractivity contribution in [2.75, 3.05) is 5.75 Å². The van der Waals surface area contributed by atoms with Gasteiger partial charge in [-0.2, -0.15) is 0 Å². The summed E-state index contributed by atoms with van der Waals surface area (Å²) in [4.78, 5) is 14.8. The predicted octanol–water partition coefficient (Wildman–Crippen LogP) is 2.33. The third kappa shape index (κ3) is 4.32. The molecule has 0 fully saturated rings. The summed E-state index contributed by atoms with van der Waals surface area (Å²) in [5.74, 6) is -0.678. The number of H-pyrrole nitrogens is 1. The summed E-state index contributed by atoms with van der Waals surface area (Å²) in [5.41, 5.74) is 1.03. The lowest BCUT2D eigenvalue weighted by atomic mass is 10.1. The van der Waals surface area contributed by atoms with E-state index in [4.69, 9.17) is 0 Å². The Morgan fingerprint density at radius 1 is 1.00 bits per heavy atom. The minimum atomic E-state index is -3.63. The van der Waals surface area contributed by atoms with Gasteiger partial charge in [0, 0.05) is 17.6 Å². The fraction of sp³-hybridized carbons (Fsp3) is 0.167. The molecule has 0 aliphatic heterocycles. The highest BCUT2D eigenvalue weighted by atomic mass is 32.2. The summed E-state index contributed by atoms with van der Waals surface area (Å²) in [6.07, 6.45) is 0.0656. The molecule has 2 N–H and O–H groups in total. The van der Waals surface area contributed by atoms with E-state index in [1.165, 1.54) is 6.07 Å². The van der Waals surface area contributed by atoms with E-state index in [9.17, 15) is 17.6 Å². The maximum atomic E-state index is 13.6. The number of aryl methyl sites for hydroxylation is 1. The Morgan fingerprint density at radius 3 is 2.52 bits per heavy atom. The van der Waals surface area contributed by atoms with Crippen LogP contribution in [0.2, 0.25) is 0 Å². The lowest BCUT2D eigenvalue weighted by molar-refractivity contribution is 0.578. The van der Waals surface area contributed by atoms with E-state index in [1.807, 2.05) is 18.2 Å². The lowest BCUT2D eigenvalue weighted by Crippen LogP contribution is -2.29. The van der Waals surface area contributed by atoms with E-state index in [0.29, 0.717) is 16.6 Å². The van der Waals surface area contributed by atoms with Crippen molar-refractivity contribution in [2.45, 2.75) is 13.0 Å². The molecule has 25 heavy (non-hydrogen) atoms. The molecule has 1 aromatic heterocycles. The maximum absolute atomic E-state index is 13.6. The van der Waals surface area contributed by atoms with E-state index in [2.05, 4.69) is 9.71 Å². The van der Waals surface area contributed by atoms with Gasteiger partial charge < -0.3 is 4.98 Å². The van der Waals surface area contributed by atoms with Crippen LogP contribution in [0.25, 0.3) is 10.9 Å². The number of fused-ring (bicyclic) bond motifs is 1. The highest BCUT2D eigenvalue weighted by molar-refractivity contribution is 7.89. The molecule has 0 radical (unpaired) electrons. The van der Waals surface area contributed by atoms with Crippen LogP contribution < -0.4 is 10.3 Å². The highest BCUT2D eigenvalue weighted by Gasteiger charge is 2.13. The number of hydrogen-bond acceptors (Lipinski definition) is 3. The zero-order valence-corrected chi connectivity index (χ0v) is 14.1. The number of sulfonamides is 1. The average molecular weight is 360 g/mol. The minimum Gasteiger partial charge on any atom is -0.322 e. The van der Waals surface area contributed by atoms with Gasteiger partial charge in [-0.25, -0.2) is 17.5 Å². The molecule has 0 saturated carbocycles. The quantitative estimate of drug-likeness (QED) is 0.708. The number of aromatic amines is 1. The SMILES string of the molecule is O=c1[nH]c2ccccc2cc1CNS(=O)(=O)CCc1ccccc1F. The van der Waals surface area contributed by atoms with Crippen molar-refractivity contribution in [1.29, 1.82) is 0 Å². The standard InChI is InChI=1S/C18H17FN2O3S/c19-16-7-3-1-5-13(16)9-10-25(23,24)20-12-15-11-14-6-2-4-8-17(14)21-18(15)22/h1-8,11,20H,9-10,12H2,(H,21,22). The second kappa shape index (κ2) is 7.16. The summed E-state index contributed by atoms with van der Waals surface area (Å²) in [7, 11) is -3.63. The first kappa shape index (κ1) is 17.3. The lowest BCUT2D eigenvalue weighted by Gasteiger charge is -2.08. The van der Waals surface area contributed by atoms with Crippen LogP contribution in [-0.2, 0) is 23.0 Å². The zero-order chi connectivity index (χ0) is 17.9. The Bertz CT molecular complexity index is 1060. The Balaban J connectivity index is 1.69. The van der Waals surface area contributed by atoms with Crippen molar-refractivity contribution < 1.29 is 12.8 Å². The zero-order valence-electron chi connectivity index (χ0n) is 13.3. The molecule has 2 aromatic carbocycles. The first-order valence-electron chi connectivity index (χ1n) is 7.76. The Kier molecular flexibility index (Phi) is 4.96. The number of rotatable bonds is 6. The molecule has 0 bridgehead atoms. The van der Waals surface area contributed by atoms with E-state index >= 15 is 0 Å². The van der Waals surface area contributed by atoms with Crippen LogP contribution in [0.5, 0.6) is 0 Å². The van der Waals surface area contributed by atoms with Gasteiger partial charge in [0.1, 0.15) is 5.82 Å². The summed E-state index contributed by atoms with van der Waals surface area (Å²) in [6.45, 7) is -0.111. The third-order valence-electron chi connectivity index (χ3n) is 3.91.